The number of phenolic OH excluding ortho intramolecular Hbond substituents is 1. The lowest BCUT2D eigenvalue weighted by Gasteiger charge is -2.14. The van der Waals surface area contributed by atoms with Gasteiger partial charge in [0.05, 0.1) is 12.1 Å². The van der Waals surface area contributed by atoms with E-state index in [-0.39, 0.29) is 16.3 Å². The van der Waals surface area contributed by atoms with Gasteiger partial charge in [0.25, 0.3) is 5.91 Å². The Kier molecular flexibility index (Phi) is 7.98. The molecule has 3 rings (SSSR count). The van der Waals surface area contributed by atoms with Crippen LogP contribution >= 0.6 is 34.2 Å². The molecule has 3 aromatic carbocycles. The number of hydrogen-bond donors (Lipinski definition) is 2. The number of methoxy groups -OCH3 is 1. The van der Waals surface area contributed by atoms with Crippen molar-refractivity contribution in [2.75, 3.05) is 12.4 Å². The van der Waals surface area contributed by atoms with Gasteiger partial charge >= 0.3 is 0 Å². The van der Waals surface area contributed by atoms with E-state index in [0.717, 1.165) is 9.13 Å². The summed E-state index contributed by atoms with van der Waals surface area (Å²) in [6.45, 7) is 0.306. The number of aromatic hydroxyl groups is 1. The lowest BCUT2D eigenvalue weighted by Crippen LogP contribution is -2.13. The third-order valence-electron chi connectivity index (χ3n) is 4.35. The molecule has 0 heterocycles. The van der Waals surface area contributed by atoms with Gasteiger partial charge in [-0.1, -0.05) is 23.7 Å². The summed E-state index contributed by atoms with van der Waals surface area (Å²) in [4.78, 5) is 12.5. The highest BCUT2D eigenvalue weighted by atomic mass is 127. The van der Waals surface area contributed by atoms with Crippen molar-refractivity contribution in [2.45, 2.75) is 6.61 Å². The van der Waals surface area contributed by atoms with Crippen molar-refractivity contribution in [1.29, 1.82) is 5.26 Å². The summed E-state index contributed by atoms with van der Waals surface area (Å²) < 4.78 is 12.4. The average Bonchev–Trinajstić information content (AvgIpc) is 2.79. The number of carbonyl (C=O) groups is 1. The third kappa shape index (κ3) is 6.15. The minimum absolute atomic E-state index is 0.0742. The Morgan fingerprint density at radius 1 is 1.19 bits per heavy atom. The first kappa shape index (κ1) is 23.4. The van der Waals surface area contributed by atoms with E-state index < -0.39 is 5.91 Å². The summed E-state index contributed by atoms with van der Waals surface area (Å²) in [6.07, 6.45) is 1.41. The Bertz CT molecular complexity index is 1190. The largest absolute Gasteiger partial charge is 0.508 e. The fourth-order valence-electron chi connectivity index (χ4n) is 2.76. The Hall–Kier alpha value is -3.22. The molecule has 0 radical (unpaired) electrons. The van der Waals surface area contributed by atoms with Crippen LogP contribution in [0.4, 0.5) is 5.69 Å². The van der Waals surface area contributed by atoms with Crippen LogP contribution in [0.5, 0.6) is 17.2 Å². The highest BCUT2D eigenvalue weighted by Crippen LogP contribution is 2.37. The molecule has 0 fully saturated rings. The van der Waals surface area contributed by atoms with Crippen LogP contribution in [0.25, 0.3) is 6.08 Å². The fourth-order valence-corrected chi connectivity index (χ4v) is 3.39. The molecular weight excluding hydrogens is 543 g/mol. The maximum absolute atomic E-state index is 12.5. The first-order chi connectivity index (χ1) is 15.4. The predicted octanol–water partition coefficient (Wildman–Crippen LogP) is 5.78. The van der Waals surface area contributed by atoms with Crippen LogP contribution in [0, 0.1) is 14.9 Å². The number of rotatable bonds is 7. The van der Waals surface area contributed by atoms with E-state index in [1.165, 1.54) is 37.5 Å². The highest BCUT2D eigenvalue weighted by molar-refractivity contribution is 14.1. The van der Waals surface area contributed by atoms with Crippen LogP contribution in [0.2, 0.25) is 5.02 Å². The van der Waals surface area contributed by atoms with Gasteiger partial charge in [-0.3, -0.25) is 4.79 Å². The normalized spacial score (nSPS) is 10.9. The molecule has 0 aromatic heterocycles. The van der Waals surface area contributed by atoms with E-state index in [1.54, 1.807) is 12.1 Å². The first-order valence-electron chi connectivity index (χ1n) is 9.36. The molecule has 0 spiro atoms. The molecule has 0 aliphatic rings. The molecule has 0 aliphatic carbocycles. The topological polar surface area (TPSA) is 91.6 Å². The molecule has 162 valence electrons. The SMILES string of the molecule is COc1cc(/C=C(\C#N)C(=O)Nc2ccc(O)cc2)cc(Cl)c1OCc1ccc(I)cc1. The quantitative estimate of drug-likeness (QED) is 0.165. The highest BCUT2D eigenvalue weighted by Gasteiger charge is 2.14. The van der Waals surface area contributed by atoms with E-state index in [4.69, 9.17) is 21.1 Å². The molecule has 0 atom stereocenters. The van der Waals surface area contributed by atoms with Gasteiger partial charge in [-0.2, -0.15) is 5.26 Å². The number of nitrogens with one attached hydrogen (secondary N) is 1. The first-order valence-corrected chi connectivity index (χ1v) is 10.8. The smallest absolute Gasteiger partial charge is 0.266 e. The maximum Gasteiger partial charge on any atom is 0.266 e. The van der Waals surface area contributed by atoms with Crippen molar-refractivity contribution < 1.29 is 19.4 Å². The van der Waals surface area contributed by atoms with Gasteiger partial charge in [0.1, 0.15) is 24.0 Å². The van der Waals surface area contributed by atoms with Crippen LogP contribution in [-0.4, -0.2) is 18.1 Å². The second-order valence-corrected chi connectivity index (χ2v) is 8.27. The summed E-state index contributed by atoms with van der Waals surface area (Å²) >= 11 is 8.65. The van der Waals surface area contributed by atoms with Crippen LogP contribution < -0.4 is 14.8 Å². The molecular formula is C24H18ClIN2O4. The molecule has 2 N–H and O–H groups in total. The zero-order valence-corrected chi connectivity index (χ0v) is 19.8. The Morgan fingerprint density at radius 3 is 2.50 bits per heavy atom. The molecule has 32 heavy (non-hydrogen) atoms. The molecule has 6 nitrogen and oxygen atoms in total. The van der Waals surface area contributed by atoms with E-state index in [0.29, 0.717) is 29.4 Å². The minimum atomic E-state index is -0.590. The minimum Gasteiger partial charge on any atom is -0.508 e. The Morgan fingerprint density at radius 2 is 1.88 bits per heavy atom. The Balaban J connectivity index is 1.80. The molecule has 3 aromatic rings. The number of amides is 1. The third-order valence-corrected chi connectivity index (χ3v) is 5.35. The number of phenols is 1. The zero-order valence-electron chi connectivity index (χ0n) is 16.9. The monoisotopic (exact) mass is 560 g/mol. The van der Waals surface area contributed by atoms with Gasteiger partial charge in [0.15, 0.2) is 11.5 Å². The van der Waals surface area contributed by atoms with Crippen molar-refractivity contribution in [3.63, 3.8) is 0 Å². The van der Waals surface area contributed by atoms with Crippen molar-refractivity contribution in [3.05, 3.63) is 86.0 Å². The molecule has 0 saturated heterocycles. The molecule has 0 bridgehead atoms. The van der Waals surface area contributed by atoms with Crippen LogP contribution in [-0.2, 0) is 11.4 Å². The van der Waals surface area contributed by atoms with E-state index in [2.05, 4.69) is 27.9 Å². The van der Waals surface area contributed by atoms with Crippen LogP contribution in [0.3, 0.4) is 0 Å². The number of halogens is 2. The van der Waals surface area contributed by atoms with E-state index >= 15 is 0 Å². The summed E-state index contributed by atoms with van der Waals surface area (Å²) in [7, 11) is 1.49. The summed E-state index contributed by atoms with van der Waals surface area (Å²) in [5.41, 5.74) is 1.81. The fraction of sp³-hybridized carbons (Fsp3) is 0.0833. The number of benzene rings is 3. The molecule has 8 heteroatoms. The molecule has 0 unspecified atom stereocenters. The van der Waals surface area contributed by atoms with Gasteiger partial charge in [-0.25, -0.2) is 0 Å². The number of hydrogen-bond acceptors (Lipinski definition) is 5. The van der Waals surface area contributed by atoms with E-state index in [1.807, 2.05) is 30.3 Å². The molecule has 1 amide bonds. The van der Waals surface area contributed by atoms with Gasteiger partial charge in [-0.05, 0) is 88.3 Å². The van der Waals surface area contributed by atoms with Gasteiger partial charge in [0.2, 0.25) is 0 Å². The summed E-state index contributed by atoms with van der Waals surface area (Å²) in [5.74, 6) is 0.236. The zero-order chi connectivity index (χ0) is 23.1. The molecule has 0 aliphatic heterocycles. The number of ether oxygens (including phenoxy) is 2. The summed E-state index contributed by atoms with van der Waals surface area (Å²) in [5, 5.41) is 21.7. The molecule has 0 saturated carbocycles. The number of carbonyl (C=O) groups excluding carboxylic acids is 1. The van der Waals surface area contributed by atoms with Crippen molar-refractivity contribution in [3.8, 4) is 23.3 Å². The predicted molar refractivity (Wildman–Crippen MR) is 132 cm³/mol. The second kappa shape index (κ2) is 10.9. The van der Waals surface area contributed by atoms with Crippen molar-refractivity contribution in [2.24, 2.45) is 0 Å². The van der Waals surface area contributed by atoms with Gasteiger partial charge in [0, 0.05) is 9.26 Å². The van der Waals surface area contributed by atoms with Gasteiger partial charge in [-0.15, -0.1) is 0 Å². The van der Waals surface area contributed by atoms with E-state index in [9.17, 15) is 15.2 Å². The summed E-state index contributed by atoms with van der Waals surface area (Å²) in [6, 6.07) is 19.0. The Labute approximate surface area is 204 Å². The van der Waals surface area contributed by atoms with Crippen LogP contribution in [0.15, 0.2) is 66.2 Å². The lowest BCUT2D eigenvalue weighted by atomic mass is 10.1. The van der Waals surface area contributed by atoms with Gasteiger partial charge < -0.3 is 19.9 Å². The lowest BCUT2D eigenvalue weighted by molar-refractivity contribution is -0.112. The second-order valence-electron chi connectivity index (χ2n) is 6.62. The average molecular weight is 561 g/mol. The number of nitriles is 1. The van der Waals surface area contributed by atoms with Crippen molar-refractivity contribution in [1.82, 2.24) is 0 Å². The standard InChI is InChI=1S/C24H18ClIN2O4/c1-31-22-12-16(10-17(13-27)24(30)28-19-6-8-20(29)9-7-19)11-21(25)23(22)32-14-15-2-4-18(26)5-3-15/h2-12,29H,14H2,1H3,(H,28,30)/b17-10+. The number of anilines is 1. The van der Waals surface area contributed by atoms with Crippen molar-refractivity contribution >= 4 is 51.9 Å². The number of nitrogens with zero attached hydrogens (tertiary/aromatic N) is 1. The van der Waals surface area contributed by atoms with Crippen LogP contribution in [0.1, 0.15) is 11.1 Å². The maximum atomic E-state index is 12.5.